The van der Waals surface area contributed by atoms with Crippen LogP contribution in [-0.2, 0) is 21.0 Å². The summed E-state index contributed by atoms with van der Waals surface area (Å²) in [6, 6.07) is 5.00. The molecule has 0 unspecified atom stereocenters. The first-order chi connectivity index (χ1) is 9.44. The Labute approximate surface area is 120 Å². The van der Waals surface area contributed by atoms with Crippen LogP contribution >= 0.6 is 0 Å². The van der Waals surface area contributed by atoms with Gasteiger partial charge in [0.2, 0.25) is 6.41 Å². The third-order valence-corrected chi connectivity index (χ3v) is 2.57. The van der Waals surface area contributed by atoms with Crippen molar-refractivity contribution in [3.05, 3.63) is 29.3 Å². The lowest BCUT2D eigenvalue weighted by molar-refractivity contribution is -0.163. The molecule has 0 bridgehead atoms. The van der Waals surface area contributed by atoms with Gasteiger partial charge in [0.25, 0.3) is 0 Å². The lowest BCUT2D eigenvalue weighted by atomic mass is 10.1. The van der Waals surface area contributed by atoms with E-state index in [2.05, 4.69) is 0 Å². The average molecular weight is 281 g/mol. The van der Waals surface area contributed by atoms with Crippen molar-refractivity contribution in [2.75, 3.05) is 7.11 Å². The molecule has 112 valence electrons. The molecule has 1 rings (SSSR count). The lowest BCUT2D eigenvalue weighted by Crippen LogP contribution is -2.20. The second-order valence-electron chi connectivity index (χ2n) is 4.77. The maximum atomic E-state index is 10.5. The van der Waals surface area contributed by atoms with E-state index in [4.69, 9.17) is 4.84 Å². The van der Waals surface area contributed by atoms with Crippen molar-refractivity contribution in [3.8, 4) is 5.75 Å². The fourth-order valence-electron chi connectivity index (χ4n) is 1.36. The van der Waals surface area contributed by atoms with Crippen LogP contribution in [0, 0.1) is 12.8 Å². The number of carbonyl (C=O) groups is 2. The number of phenols is 1. The second-order valence-corrected chi connectivity index (χ2v) is 4.77. The molecule has 0 aliphatic rings. The molecule has 1 N–H and O–H groups in total. The molecule has 0 heterocycles. The third-order valence-electron chi connectivity index (χ3n) is 2.57. The van der Waals surface area contributed by atoms with E-state index < -0.39 is 0 Å². The highest BCUT2D eigenvalue weighted by molar-refractivity contribution is 5.49. The van der Waals surface area contributed by atoms with Crippen LogP contribution in [0.1, 0.15) is 31.4 Å². The van der Waals surface area contributed by atoms with Gasteiger partial charge in [0.15, 0.2) is 0 Å². The Balaban J connectivity index is 0.000000511. The second kappa shape index (κ2) is 9.97. The molecule has 5 heteroatoms. The van der Waals surface area contributed by atoms with Gasteiger partial charge in [0, 0.05) is 6.42 Å². The molecule has 0 aromatic heterocycles. The Morgan fingerprint density at radius 3 is 2.35 bits per heavy atom. The minimum absolute atomic E-state index is 0.223. The van der Waals surface area contributed by atoms with Gasteiger partial charge in [-0.05, 0) is 36.1 Å². The van der Waals surface area contributed by atoms with Gasteiger partial charge >= 0.3 is 0 Å². The molecule has 0 spiro atoms. The first kappa shape index (κ1) is 18.1. The molecule has 1 amide bonds. The van der Waals surface area contributed by atoms with Gasteiger partial charge in [-0.25, -0.2) is 5.06 Å². The van der Waals surface area contributed by atoms with Crippen molar-refractivity contribution in [1.29, 1.82) is 0 Å². The zero-order chi connectivity index (χ0) is 15.5. The number of aromatic hydroxyl groups is 1. The van der Waals surface area contributed by atoms with Crippen LogP contribution in [0.25, 0.3) is 0 Å². The molecule has 0 atom stereocenters. The Morgan fingerprint density at radius 2 is 2.00 bits per heavy atom. The summed E-state index contributed by atoms with van der Waals surface area (Å²) in [5.41, 5.74) is 1.87. The van der Waals surface area contributed by atoms with Gasteiger partial charge in [0.1, 0.15) is 12.0 Å². The largest absolute Gasteiger partial charge is 0.508 e. The van der Waals surface area contributed by atoms with Crippen LogP contribution in [0.2, 0.25) is 0 Å². The first-order valence-electron chi connectivity index (χ1n) is 6.42. The molecule has 1 aromatic rings. The fraction of sp³-hybridized carbons (Fsp3) is 0.467. The smallest absolute Gasteiger partial charge is 0.233 e. The van der Waals surface area contributed by atoms with E-state index in [9.17, 15) is 14.7 Å². The Bertz CT molecular complexity index is 418. The van der Waals surface area contributed by atoms with Crippen LogP contribution in [0.5, 0.6) is 5.75 Å². The predicted octanol–water partition coefficient (Wildman–Crippen LogP) is 2.45. The molecular weight excluding hydrogens is 258 g/mol. The van der Waals surface area contributed by atoms with Crippen molar-refractivity contribution in [3.63, 3.8) is 0 Å². The summed E-state index contributed by atoms with van der Waals surface area (Å²) < 4.78 is 0. The summed E-state index contributed by atoms with van der Waals surface area (Å²) in [4.78, 5) is 24.9. The Kier molecular flexibility index (Phi) is 9.04. The number of rotatable bonds is 6. The average Bonchev–Trinajstić information content (AvgIpc) is 2.38. The van der Waals surface area contributed by atoms with Crippen molar-refractivity contribution < 1.29 is 19.5 Å². The standard InChI is InChI=1S/C10H13NO3.C5H10O/c1-8-5-10(13)4-3-9(8)6-11(7-12)14-2;1-5(2)3-4-6/h3-5,7,13H,6H2,1-2H3;4-5H,3H2,1-2H3. The normalized spacial score (nSPS) is 9.65. The first-order valence-corrected chi connectivity index (χ1v) is 6.42. The summed E-state index contributed by atoms with van der Waals surface area (Å²) in [6.07, 6.45) is 2.26. The molecule has 0 fully saturated rings. The molecule has 20 heavy (non-hydrogen) atoms. The molecular formula is C15H23NO4. The topological polar surface area (TPSA) is 66.8 Å². The quantitative estimate of drug-likeness (QED) is 0.642. The SMILES string of the molecule is CC(C)CC=O.CON(C=O)Cc1ccc(O)cc1C. The number of carbonyl (C=O) groups excluding carboxylic acids is 2. The van der Waals surface area contributed by atoms with E-state index in [1.807, 2.05) is 20.8 Å². The number of nitrogens with zero attached hydrogens (tertiary/aromatic N) is 1. The summed E-state index contributed by atoms with van der Waals surface area (Å²) in [6.45, 7) is 6.29. The predicted molar refractivity (Wildman–Crippen MR) is 77.0 cm³/mol. The summed E-state index contributed by atoms with van der Waals surface area (Å²) in [7, 11) is 1.43. The van der Waals surface area contributed by atoms with E-state index in [1.165, 1.54) is 12.2 Å². The molecule has 5 nitrogen and oxygen atoms in total. The summed E-state index contributed by atoms with van der Waals surface area (Å²) >= 11 is 0. The van der Waals surface area contributed by atoms with Gasteiger partial charge in [-0.1, -0.05) is 19.9 Å². The lowest BCUT2D eigenvalue weighted by Gasteiger charge is -2.15. The van der Waals surface area contributed by atoms with Crippen molar-refractivity contribution >= 4 is 12.7 Å². The number of hydroxylamine groups is 2. The molecule has 0 aliphatic heterocycles. The Morgan fingerprint density at radius 1 is 1.35 bits per heavy atom. The van der Waals surface area contributed by atoms with Gasteiger partial charge in [-0.3, -0.25) is 9.63 Å². The van der Waals surface area contributed by atoms with Gasteiger partial charge < -0.3 is 9.90 Å². The van der Waals surface area contributed by atoms with Crippen LogP contribution < -0.4 is 0 Å². The molecule has 0 saturated heterocycles. The van der Waals surface area contributed by atoms with E-state index in [0.717, 1.165) is 17.4 Å². The number of benzene rings is 1. The van der Waals surface area contributed by atoms with Crippen LogP contribution in [-0.4, -0.2) is 30.0 Å². The number of hydrogen-bond donors (Lipinski definition) is 1. The van der Waals surface area contributed by atoms with Gasteiger partial charge in [0.05, 0.1) is 13.7 Å². The number of phenolic OH excluding ortho intramolecular Hbond substituents is 1. The van der Waals surface area contributed by atoms with Crippen molar-refractivity contribution in [1.82, 2.24) is 5.06 Å². The number of hydrogen-bond acceptors (Lipinski definition) is 4. The van der Waals surface area contributed by atoms with Crippen molar-refractivity contribution in [2.24, 2.45) is 5.92 Å². The molecule has 1 aromatic carbocycles. The van der Waals surface area contributed by atoms with Crippen molar-refractivity contribution in [2.45, 2.75) is 33.7 Å². The van der Waals surface area contributed by atoms with E-state index in [0.29, 0.717) is 25.3 Å². The van der Waals surface area contributed by atoms with Crippen LogP contribution in [0.4, 0.5) is 0 Å². The van der Waals surface area contributed by atoms with Gasteiger partial charge in [-0.15, -0.1) is 0 Å². The zero-order valence-corrected chi connectivity index (χ0v) is 12.5. The maximum absolute atomic E-state index is 10.5. The van der Waals surface area contributed by atoms with E-state index in [-0.39, 0.29) is 5.75 Å². The monoisotopic (exact) mass is 281 g/mol. The fourth-order valence-corrected chi connectivity index (χ4v) is 1.36. The Hall–Kier alpha value is -1.88. The third kappa shape index (κ3) is 7.53. The molecule has 0 saturated carbocycles. The van der Waals surface area contributed by atoms with Gasteiger partial charge in [-0.2, -0.15) is 0 Å². The number of aryl methyl sites for hydroxylation is 1. The highest BCUT2D eigenvalue weighted by Gasteiger charge is 2.04. The summed E-state index contributed by atoms with van der Waals surface area (Å²) in [5, 5.41) is 10.4. The highest BCUT2D eigenvalue weighted by atomic mass is 16.7. The molecule has 0 radical (unpaired) electrons. The number of aldehydes is 1. The minimum atomic E-state index is 0.223. The zero-order valence-electron chi connectivity index (χ0n) is 12.5. The number of amides is 1. The maximum Gasteiger partial charge on any atom is 0.233 e. The minimum Gasteiger partial charge on any atom is -0.508 e. The van der Waals surface area contributed by atoms with Crippen LogP contribution in [0.15, 0.2) is 18.2 Å². The van der Waals surface area contributed by atoms with E-state index >= 15 is 0 Å². The molecule has 0 aliphatic carbocycles. The van der Waals surface area contributed by atoms with E-state index in [1.54, 1.807) is 18.2 Å². The highest BCUT2D eigenvalue weighted by Crippen LogP contribution is 2.16. The van der Waals surface area contributed by atoms with Crippen LogP contribution in [0.3, 0.4) is 0 Å². The summed E-state index contributed by atoms with van der Waals surface area (Å²) in [5.74, 6) is 0.754.